The number of carbonyl (C=O) groups excluding carboxylic acids is 1. The van der Waals surface area contributed by atoms with Crippen LogP contribution in [-0.2, 0) is 4.79 Å². The maximum atomic E-state index is 11.6. The van der Waals surface area contributed by atoms with Crippen LogP contribution in [0.2, 0.25) is 0 Å². The molecule has 0 aromatic heterocycles. The largest absolute Gasteiger partial charge is 0.496 e. The van der Waals surface area contributed by atoms with Crippen LogP contribution in [0.1, 0.15) is 48.0 Å². The lowest BCUT2D eigenvalue weighted by atomic mass is 9.88. The molecule has 1 atom stereocenters. The van der Waals surface area contributed by atoms with Crippen LogP contribution < -0.4 is 4.74 Å². The molecule has 2 aromatic rings. The number of benzene rings is 2. The Balaban J connectivity index is 1.52. The Kier molecular flexibility index (Phi) is 4.61. The number of ether oxygens (including phenoxy) is 1. The highest BCUT2D eigenvalue weighted by atomic mass is 16.5. The molecular weight excluding hydrogens is 354 g/mol. The van der Waals surface area contributed by atoms with E-state index in [1.54, 1.807) is 32.2 Å². The fourth-order valence-electron chi connectivity index (χ4n) is 4.60. The SMILES string of the molecule is COc1ccc(C(=O)O)cc1-c1ccc(C2CC23CCN(C(C)=O)CC3)cc1. The quantitative estimate of drug-likeness (QED) is 0.866. The Morgan fingerprint density at radius 3 is 2.36 bits per heavy atom. The summed E-state index contributed by atoms with van der Waals surface area (Å²) in [4.78, 5) is 24.8. The number of methoxy groups -OCH3 is 1. The molecule has 2 aromatic carbocycles. The van der Waals surface area contributed by atoms with Gasteiger partial charge >= 0.3 is 5.97 Å². The van der Waals surface area contributed by atoms with Gasteiger partial charge in [-0.2, -0.15) is 0 Å². The summed E-state index contributed by atoms with van der Waals surface area (Å²) in [6.45, 7) is 3.38. The number of carboxylic acids is 1. The van der Waals surface area contributed by atoms with E-state index < -0.39 is 5.97 Å². The highest BCUT2D eigenvalue weighted by molar-refractivity contribution is 5.90. The van der Waals surface area contributed by atoms with Crippen molar-refractivity contribution < 1.29 is 19.4 Å². The molecule has 1 amide bonds. The summed E-state index contributed by atoms with van der Waals surface area (Å²) in [5.74, 6) is 0.450. The number of amides is 1. The minimum atomic E-state index is -0.947. The molecule has 5 nitrogen and oxygen atoms in total. The van der Waals surface area contributed by atoms with Crippen molar-refractivity contribution in [2.24, 2.45) is 5.41 Å². The summed E-state index contributed by atoms with van der Waals surface area (Å²) < 4.78 is 5.42. The average Bonchev–Trinajstić information content (AvgIpc) is 3.40. The lowest BCUT2D eigenvalue weighted by molar-refractivity contribution is -0.130. The molecule has 1 aliphatic heterocycles. The molecule has 4 rings (SSSR count). The Labute approximate surface area is 164 Å². The van der Waals surface area contributed by atoms with E-state index in [0.717, 1.165) is 37.1 Å². The third kappa shape index (κ3) is 3.26. The van der Waals surface area contributed by atoms with Gasteiger partial charge in [-0.3, -0.25) is 4.79 Å². The summed E-state index contributed by atoms with van der Waals surface area (Å²) >= 11 is 0. The molecule has 1 saturated heterocycles. The summed E-state index contributed by atoms with van der Waals surface area (Å²) in [6.07, 6.45) is 3.34. The molecule has 2 aliphatic rings. The van der Waals surface area contributed by atoms with Crippen LogP contribution in [0.3, 0.4) is 0 Å². The molecule has 0 radical (unpaired) electrons. The summed E-state index contributed by atoms with van der Waals surface area (Å²) in [7, 11) is 1.59. The van der Waals surface area contributed by atoms with Gasteiger partial charge in [-0.15, -0.1) is 0 Å². The molecule has 0 bridgehead atoms. The molecule has 1 N–H and O–H groups in total. The minimum absolute atomic E-state index is 0.175. The second-order valence-corrected chi connectivity index (χ2v) is 7.97. The van der Waals surface area contributed by atoms with E-state index in [1.165, 1.54) is 12.0 Å². The van der Waals surface area contributed by atoms with Gasteiger partial charge < -0.3 is 14.7 Å². The number of aromatic carboxylic acids is 1. The number of likely N-dealkylation sites (tertiary alicyclic amines) is 1. The molecule has 2 fully saturated rings. The number of rotatable bonds is 4. The maximum absolute atomic E-state index is 11.6. The van der Waals surface area contributed by atoms with Gasteiger partial charge in [0.2, 0.25) is 5.91 Å². The Hall–Kier alpha value is -2.82. The smallest absolute Gasteiger partial charge is 0.335 e. The Morgan fingerprint density at radius 1 is 1.11 bits per heavy atom. The second-order valence-electron chi connectivity index (χ2n) is 7.97. The van der Waals surface area contributed by atoms with E-state index in [9.17, 15) is 14.7 Å². The van der Waals surface area contributed by atoms with Gasteiger partial charge in [-0.05, 0) is 59.9 Å². The topological polar surface area (TPSA) is 66.8 Å². The lowest BCUT2D eigenvalue weighted by Crippen LogP contribution is -2.38. The third-order valence-electron chi connectivity index (χ3n) is 6.46. The Bertz CT molecular complexity index is 911. The molecule has 1 aliphatic carbocycles. The zero-order valence-corrected chi connectivity index (χ0v) is 16.3. The van der Waals surface area contributed by atoms with Crippen molar-refractivity contribution in [3.8, 4) is 16.9 Å². The minimum Gasteiger partial charge on any atom is -0.496 e. The first-order valence-corrected chi connectivity index (χ1v) is 9.71. The van der Waals surface area contributed by atoms with Crippen LogP contribution in [0, 0.1) is 5.41 Å². The van der Waals surface area contributed by atoms with Crippen molar-refractivity contribution in [3.63, 3.8) is 0 Å². The first-order valence-electron chi connectivity index (χ1n) is 9.71. The first kappa shape index (κ1) is 18.5. The van der Waals surface area contributed by atoms with Gasteiger partial charge in [-0.25, -0.2) is 4.79 Å². The van der Waals surface area contributed by atoms with Crippen LogP contribution in [0.15, 0.2) is 42.5 Å². The van der Waals surface area contributed by atoms with Crippen molar-refractivity contribution in [1.82, 2.24) is 4.90 Å². The highest BCUT2D eigenvalue weighted by Crippen LogP contribution is 2.64. The van der Waals surface area contributed by atoms with Gasteiger partial charge in [0.1, 0.15) is 5.75 Å². The average molecular weight is 379 g/mol. The molecule has 146 valence electrons. The second kappa shape index (κ2) is 6.97. The summed E-state index contributed by atoms with van der Waals surface area (Å²) in [6, 6.07) is 13.3. The van der Waals surface area contributed by atoms with E-state index in [0.29, 0.717) is 17.1 Å². The third-order valence-corrected chi connectivity index (χ3v) is 6.46. The number of piperidine rings is 1. The van der Waals surface area contributed by atoms with E-state index in [2.05, 4.69) is 24.3 Å². The van der Waals surface area contributed by atoms with Gasteiger partial charge in [0, 0.05) is 25.6 Å². The van der Waals surface area contributed by atoms with E-state index in [-0.39, 0.29) is 11.5 Å². The monoisotopic (exact) mass is 379 g/mol. The van der Waals surface area contributed by atoms with Crippen LogP contribution in [0.4, 0.5) is 0 Å². The molecular formula is C23H25NO4. The predicted octanol–water partition coefficient (Wildman–Crippen LogP) is 4.18. The van der Waals surface area contributed by atoms with E-state index >= 15 is 0 Å². The van der Waals surface area contributed by atoms with Crippen molar-refractivity contribution in [1.29, 1.82) is 0 Å². The van der Waals surface area contributed by atoms with Crippen LogP contribution in [0.25, 0.3) is 11.1 Å². The summed E-state index contributed by atoms with van der Waals surface area (Å²) in [5, 5.41) is 9.27. The number of hydrogen-bond acceptors (Lipinski definition) is 3. The molecule has 5 heteroatoms. The van der Waals surface area contributed by atoms with Crippen LogP contribution >= 0.6 is 0 Å². The van der Waals surface area contributed by atoms with Crippen LogP contribution in [0.5, 0.6) is 5.75 Å². The molecule has 28 heavy (non-hydrogen) atoms. The summed E-state index contributed by atoms with van der Waals surface area (Å²) in [5.41, 5.74) is 3.67. The van der Waals surface area contributed by atoms with Gasteiger partial charge in [0.25, 0.3) is 0 Å². The first-order chi connectivity index (χ1) is 13.4. The zero-order chi connectivity index (χ0) is 19.9. The molecule has 1 spiro atoms. The number of carbonyl (C=O) groups is 2. The zero-order valence-electron chi connectivity index (χ0n) is 16.3. The van der Waals surface area contributed by atoms with Crippen molar-refractivity contribution in [2.45, 2.75) is 32.1 Å². The van der Waals surface area contributed by atoms with Crippen molar-refractivity contribution in [3.05, 3.63) is 53.6 Å². The fourth-order valence-corrected chi connectivity index (χ4v) is 4.60. The standard InChI is InChI=1S/C23H25NO4/c1-15(25)24-11-9-23(10-12-24)14-20(23)17-5-3-16(4-6-17)19-13-18(22(26)27)7-8-21(19)28-2/h3-8,13,20H,9-12,14H2,1-2H3,(H,26,27). The molecule has 1 unspecified atom stereocenters. The van der Waals surface area contributed by atoms with Gasteiger partial charge in [0.05, 0.1) is 12.7 Å². The van der Waals surface area contributed by atoms with Crippen LogP contribution in [-0.4, -0.2) is 42.1 Å². The van der Waals surface area contributed by atoms with Gasteiger partial charge in [0.15, 0.2) is 0 Å². The normalized spacial score (nSPS) is 20.1. The number of carboxylic acid groups (broad SMARTS) is 1. The molecule has 1 heterocycles. The van der Waals surface area contributed by atoms with Crippen molar-refractivity contribution in [2.75, 3.05) is 20.2 Å². The highest BCUT2D eigenvalue weighted by Gasteiger charge is 2.55. The maximum Gasteiger partial charge on any atom is 0.335 e. The fraction of sp³-hybridized carbons (Fsp3) is 0.391. The molecule has 1 saturated carbocycles. The van der Waals surface area contributed by atoms with E-state index in [1.807, 2.05) is 4.90 Å². The lowest BCUT2D eigenvalue weighted by Gasteiger charge is -2.32. The van der Waals surface area contributed by atoms with E-state index in [4.69, 9.17) is 4.74 Å². The number of nitrogens with zero attached hydrogens (tertiary/aromatic N) is 1. The Morgan fingerprint density at radius 2 is 1.79 bits per heavy atom. The van der Waals surface area contributed by atoms with Gasteiger partial charge in [-0.1, -0.05) is 24.3 Å². The number of hydrogen-bond donors (Lipinski definition) is 1. The predicted molar refractivity (Wildman–Crippen MR) is 107 cm³/mol. The van der Waals surface area contributed by atoms with Crippen molar-refractivity contribution >= 4 is 11.9 Å².